The molecule has 0 heterocycles. The lowest BCUT2D eigenvalue weighted by atomic mass is 10.2. The Labute approximate surface area is 81.3 Å². The van der Waals surface area contributed by atoms with E-state index in [1.807, 2.05) is 24.3 Å². The topological polar surface area (TPSA) is 23.8 Å². The van der Waals surface area contributed by atoms with Gasteiger partial charge in [-0.25, -0.2) is 0 Å². The fraction of sp³-hybridized carbons (Fsp3) is 0.222. The predicted molar refractivity (Wildman–Crippen MR) is 53.2 cm³/mol. The van der Waals surface area contributed by atoms with Crippen molar-refractivity contribution in [3.05, 3.63) is 34.9 Å². The van der Waals surface area contributed by atoms with Gasteiger partial charge in [0.15, 0.2) is 0 Å². The maximum atomic E-state index is 8.31. The Hall–Kier alpha value is -0.650. The quantitative estimate of drug-likeness (QED) is 0.696. The summed E-state index contributed by atoms with van der Waals surface area (Å²) in [4.78, 5) is 0. The van der Waals surface area contributed by atoms with Gasteiger partial charge in [0.1, 0.15) is 0 Å². The van der Waals surface area contributed by atoms with E-state index >= 15 is 0 Å². The highest BCUT2D eigenvalue weighted by Crippen LogP contribution is 2.20. The van der Waals surface area contributed by atoms with Gasteiger partial charge in [0, 0.05) is 10.8 Å². The monoisotopic (exact) mass is 197 g/mol. The Morgan fingerprint density at radius 1 is 1.42 bits per heavy atom. The van der Waals surface area contributed by atoms with Crippen LogP contribution in [-0.4, -0.2) is 5.75 Å². The summed E-state index contributed by atoms with van der Waals surface area (Å²) in [5, 5.41) is 9.09. The first-order chi connectivity index (χ1) is 5.84. The van der Waals surface area contributed by atoms with Crippen LogP contribution in [-0.2, 0) is 5.75 Å². The smallest absolute Gasteiger partial charge is 0.0811 e. The van der Waals surface area contributed by atoms with E-state index in [9.17, 15) is 0 Å². The van der Waals surface area contributed by atoms with Crippen LogP contribution in [0.15, 0.2) is 24.3 Å². The van der Waals surface area contributed by atoms with Crippen LogP contribution in [0.1, 0.15) is 5.56 Å². The van der Waals surface area contributed by atoms with Gasteiger partial charge < -0.3 is 0 Å². The van der Waals surface area contributed by atoms with Crippen LogP contribution in [0, 0.1) is 11.3 Å². The number of benzene rings is 1. The highest BCUT2D eigenvalue weighted by molar-refractivity contribution is 7.98. The third-order valence-corrected chi connectivity index (χ3v) is 2.60. The van der Waals surface area contributed by atoms with Crippen LogP contribution >= 0.6 is 23.4 Å². The summed E-state index contributed by atoms with van der Waals surface area (Å²) in [6.07, 6.45) is 0. The standard InChI is InChI=1S/C9H8ClNS/c10-9-4-2-1-3-8(9)7-12-6-5-11/h1-4H,6-7H2. The molecule has 0 N–H and O–H groups in total. The van der Waals surface area contributed by atoms with Crippen molar-refractivity contribution in [1.82, 2.24) is 0 Å². The average Bonchev–Trinajstić information content (AvgIpc) is 2.09. The van der Waals surface area contributed by atoms with Crippen LogP contribution in [0.25, 0.3) is 0 Å². The number of hydrogen-bond acceptors (Lipinski definition) is 2. The van der Waals surface area contributed by atoms with Gasteiger partial charge in [-0.2, -0.15) is 5.26 Å². The molecule has 0 radical (unpaired) electrons. The molecule has 0 fully saturated rings. The molecule has 0 saturated carbocycles. The second kappa shape index (κ2) is 5.08. The molecular formula is C9H8ClNS. The second-order valence-corrected chi connectivity index (χ2v) is 3.64. The summed E-state index contributed by atoms with van der Waals surface area (Å²) in [5.41, 5.74) is 1.10. The zero-order valence-corrected chi connectivity index (χ0v) is 8.03. The zero-order chi connectivity index (χ0) is 8.81. The maximum absolute atomic E-state index is 8.31. The molecule has 0 aliphatic rings. The van der Waals surface area contributed by atoms with Gasteiger partial charge in [-0.15, -0.1) is 11.8 Å². The third-order valence-electron chi connectivity index (χ3n) is 1.38. The Morgan fingerprint density at radius 2 is 2.17 bits per heavy atom. The molecule has 1 rings (SSSR count). The van der Waals surface area contributed by atoms with Crippen molar-refractivity contribution in [3.8, 4) is 6.07 Å². The van der Waals surface area contributed by atoms with E-state index in [4.69, 9.17) is 16.9 Å². The maximum Gasteiger partial charge on any atom is 0.0811 e. The third kappa shape index (κ3) is 2.77. The Kier molecular flexibility index (Phi) is 3.99. The molecular weight excluding hydrogens is 190 g/mol. The van der Waals surface area contributed by atoms with Crippen molar-refractivity contribution in [2.24, 2.45) is 0 Å². The molecule has 0 unspecified atom stereocenters. The van der Waals surface area contributed by atoms with Gasteiger partial charge in [0.2, 0.25) is 0 Å². The number of thioether (sulfide) groups is 1. The van der Waals surface area contributed by atoms with Crippen LogP contribution < -0.4 is 0 Å². The average molecular weight is 198 g/mol. The first kappa shape index (κ1) is 9.44. The predicted octanol–water partition coefficient (Wildman–Crippen LogP) is 3.10. The molecule has 12 heavy (non-hydrogen) atoms. The van der Waals surface area contributed by atoms with Crippen molar-refractivity contribution in [1.29, 1.82) is 5.26 Å². The van der Waals surface area contributed by atoms with E-state index in [-0.39, 0.29) is 0 Å². The number of nitrogens with zero attached hydrogens (tertiary/aromatic N) is 1. The lowest BCUT2D eigenvalue weighted by Gasteiger charge is -2.00. The lowest BCUT2D eigenvalue weighted by molar-refractivity contribution is 1.41. The molecule has 0 aromatic heterocycles. The molecule has 0 aliphatic heterocycles. The summed E-state index contributed by atoms with van der Waals surface area (Å²) in [5.74, 6) is 1.33. The highest BCUT2D eigenvalue weighted by Gasteiger charge is 1.97. The van der Waals surface area contributed by atoms with E-state index in [0.29, 0.717) is 5.75 Å². The Bertz CT molecular complexity index is 293. The van der Waals surface area contributed by atoms with E-state index in [1.165, 1.54) is 0 Å². The molecule has 3 heteroatoms. The molecule has 0 amide bonds. The first-order valence-corrected chi connectivity index (χ1v) is 5.06. The number of hydrogen-bond donors (Lipinski definition) is 0. The summed E-state index contributed by atoms with van der Waals surface area (Å²) in [6, 6.07) is 9.78. The van der Waals surface area contributed by atoms with Crippen molar-refractivity contribution in [2.45, 2.75) is 5.75 Å². The Morgan fingerprint density at radius 3 is 2.83 bits per heavy atom. The molecule has 0 saturated heterocycles. The second-order valence-electron chi connectivity index (χ2n) is 2.24. The summed E-state index contributed by atoms with van der Waals surface area (Å²) >= 11 is 7.48. The Balaban J connectivity index is 2.53. The minimum absolute atomic E-state index is 0.519. The van der Waals surface area contributed by atoms with E-state index in [2.05, 4.69) is 6.07 Å². The minimum Gasteiger partial charge on any atom is -0.197 e. The van der Waals surface area contributed by atoms with Gasteiger partial charge in [-0.1, -0.05) is 29.8 Å². The number of halogens is 1. The van der Waals surface area contributed by atoms with E-state index in [0.717, 1.165) is 16.3 Å². The molecule has 1 nitrogen and oxygen atoms in total. The van der Waals surface area contributed by atoms with Crippen molar-refractivity contribution >= 4 is 23.4 Å². The molecule has 0 spiro atoms. The highest BCUT2D eigenvalue weighted by atomic mass is 35.5. The van der Waals surface area contributed by atoms with Crippen molar-refractivity contribution in [2.75, 3.05) is 5.75 Å². The van der Waals surface area contributed by atoms with Gasteiger partial charge >= 0.3 is 0 Å². The van der Waals surface area contributed by atoms with Crippen LogP contribution in [0.4, 0.5) is 0 Å². The van der Waals surface area contributed by atoms with Gasteiger partial charge in [-0.3, -0.25) is 0 Å². The normalized spacial score (nSPS) is 9.33. The van der Waals surface area contributed by atoms with Crippen LogP contribution in [0.5, 0.6) is 0 Å². The molecule has 1 aromatic rings. The summed E-state index contributed by atoms with van der Waals surface area (Å²) in [7, 11) is 0. The van der Waals surface area contributed by atoms with Gasteiger partial charge in [-0.05, 0) is 11.6 Å². The SMILES string of the molecule is N#CCSCc1ccccc1Cl. The van der Waals surface area contributed by atoms with E-state index in [1.54, 1.807) is 11.8 Å². The minimum atomic E-state index is 0.519. The molecule has 0 atom stereocenters. The number of nitriles is 1. The molecule has 62 valence electrons. The molecule has 1 aromatic carbocycles. The van der Waals surface area contributed by atoms with Crippen LogP contribution in [0.2, 0.25) is 5.02 Å². The lowest BCUT2D eigenvalue weighted by Crippen LogP contribution is -1.82. The van der Waals surface area contributed by atoms with Crippen LogP contribution in [0.3, 0.4) is 0 Å². The molecule has 0 aliphatic carbocycles. The van der Waals surface area contributed by atoms with Gasteiger partial charge in [0.05, 0.1) is 11.8 Å². The van der Waals surface area contributed by atoms with Crippen molar-refractivity contribution in [3.63, 3.8) is 0 Å². The molecule has 0 bridgehead atoms. The fourth-order valence-corrected chi connectivity index (χ4v) is 1.77. The van der Waals surface area contributed by atoms with Gasteiger partial charge in [0.25, 0.3) is 0 Å². The summed E-state index contributed by atoms with van der Waals surface area (Å²) < 4.78 is 0. The first-order valence-electron chi connectivity index (χ1n) is 3.52. The fourth-order valence-electron chi connectivity index (χ4n) is 0.822. The zero-order valence-electron chi connectivity index (χ0n) is 6.46. The summed E-state index contributed by atoms with van der Waals surface area (Å²) in [6.45, 7) is 0. The number of rotatable bonds is 3. The van der Waals surface area contributed by atoms with Crippen molar-refractivity contribution < 1.29 is 0 Å². The van der Waals surface area contributed by atoms with E-state index < -0.39 is 0 Å². The largest absolute Gasteiger partial charge is 0.197 e.